The van der Waals surface area contributed by atoms with Crippen LogP contribution in [0, 0.1) is 0 Å². The van der Waals surface area contributed by atoms with Crippen molar-refractivity contribution in [2.75, 3.05) is 11.9 Å². The Morgan fingerprint density at radius 2 is 1.77 bits per heavy atom. The average Bonchev–Trinajstić information content (AvgIpc) is 2.89. The highest BCUT2D eigenvalue weighted by atomic mass is 35.5. The van der Waals surface area contributed by atoms with E-state index in [2.05, 4.69) is 15.5 Å². The number of anilines is 1. The Labute approximate surface area is 234 Å². The van der Waals surface area contributed by atoms with Gasteiger partial charge in [0, 0.05) is 11.5 Å². The van der Waals surface area contributed by atoms with E-state index in [9.17, 15) is 22.9 Å². The van der Waals surface area contributed by atoms with Gasteiger partial charge in [-0.15, -0.1) is 5.11 Å². The Morgan fingerprint density at radius 1 is 1.03 bits per heavy atom. The maximum absolute atomic E-state index is 13.3. The molecule has 0 aliphatic rings. The summed E-state index contributed by atoms with van der Waals surface area (Å²) in [5, 5.41) is 23.5. The lowest BCUT2D eigenvalue weighted by Crippen LogP contribution is -2.12. The Hall–Kier alpha value is -3.70. The third-order valence-electron chi connectivity index (χ3n) is 5.81. The highest BCUT2D eigenvalue weighted by Gasteiger charge is 2.21. The number of aromatic hydroxyl groups is 1. The third kappa shape index (κ3) is 5.99. The van der Waals surface area contributed by atoms with Gasteiger partial charge in [0.15, 0.2) is 5.75 Å². The van der Waals surface area contributed by atoms with Crippen LogP contribution in [0.15, 0.2) is 75.8 Å². The maximum atomic E-state index is 13.3. The topological polar surface area (TPSA) is 138 Å². The second-order valence-corrected chi connectivity index (χ2v) is 10.5. The normalized spacial score (nSPS) is 11.7. The molecule has 202 valence electrons. The number of phenols is 1. The highest BCUT2D eigenvalue weighted by molar-refractivity contribution is 7.86. The fourth-order valence-corrected chi connectivity index (χ4v) is 5.30. The van der Waals surface area contributed by atoms with Gasteiger partial charge in [-0.05, 0) is 54.6 Å². The minimum atomic E-state index is -4.54. The Morgan fingerprint density at radius 3 is 2.46 bits per heavy atom. The van der Waals surface area contributed by atoms with E-state index in [-0.39, 0.29) is 33.4 Å². The van der Waals surface area contributed by atoms with Crippen LogP contribution in [0.2, 0.25) is 10.0 Å². The molecule has 4 aromatic rings. The van der Waals surface area contributed by atoms with E-state index in [1.807, 2.05) is 6.92 Å². The molecular formula is C27H23Cl2N3O6S. The summed E-state index contributed by atoms with van der Waals surface area (Å²) in [6.07, 6.45) is 0.285. The number of benzene rings is 4. The summed E-state index contributed by atoms with van der Waals surface area (Å²) in [5.74, 6) is -0.550. The molecule has 0 radical (unpaired) electrons. The molecule has 0 aliphatic carbocycles. The van der Waals surface area contributed by atoms with E-state index in [0.717, 1.165) is 6.07 Å². The zero-order valence-corrected chi connectivity index (χ0v) is 23.1. The molecule has 12 heteroatoms. The van der Waals surface area contributed by atoms with Gasteiger partial charge in [0.25, 0.3) is 16.0 Å². The number of hydrogen-bond donors (Lipinski definition) is 3. The molecule has 0 saturated carbocycles. The van der Waals surface area contributed by atoms with Crippen molar-refractivity contribution in [1.29, 1.82) is 0 Å². The number of carbonyl (C=O) groups is 1. The number of amides is 1. The molecule has 9 nitrogen and oxygen atoms in total. The largest absolute Gasteiger partial charge is 0.505 e. The molecule has 3 N–H and O–H groups in total. The number of phenolic OH excluding ortho intramolecular Hbond substituents is 1. The van der Waals surface area contributed by atoms with Crippen molar-refractivity contribution >= 4 is 67.1 Å². The van der Waals surface area contributed by atoms with Crippen LogP contribution in [0.1, 0.15) is 29.8 Å². The number of ether oxygens (including phenoxy) is 1. The molecule has 0 aliphatic heterocycles. The summed E-state index contributed by atoms with van der Waals surface area (Å²) in [7, 11) is -4.54. The molecule has 0 bridgehead atoms. The Kier molecular flexibility index (Phi) is 8.41. The monoisotopic (exact) mass is 587 g/mol. The van der Waals surface area contributed by atoms with E-state index in [4.69, 9.17) is 27.9 Å². The first-order valence-corrected chi connectivity index (χ1v) is 13.9. The number of carbonyl (C=O) groups excluding carboxylic acids is 1. The van der Waals surface area contributed by atoms with Gasteiger partial charge in [0.1, 0.15) is 16.3 Å². The highest BCUT2D eigenvalue weighted by Crippen LogP contribution is 2.41. The number of nitrogens with zero attached hydrogens (tertiary/aromatic N) is 2. The summed E-state index contributed by atoms with van der Waals surface area (Å²) in [5.41, 5.74) is 0.801. The van der Waals surface area contributed by atoms with Crippen LogP contribution in [0.5, 0.6) is 11.5 Å². The minimum Gasteiger partial charge on any atom is -0.505 e. The fourth-order valence-electron chi connectivity index (χ4n) is 3.96. The molecule has 0 spiro atoms. The van der Waals surface area contributed by atoms with E-state index < -0.39 is 26.7 Å². The number of azo groups is 1. The van der Waals surface area contributed by atoms with Gasteiger partial charge in [-0.3, -0.25) is 9.35 Å². The summed E-state index contributed by atoms with van der Waals surface area (Å²) in [6.45, 7) is 3.99. The van der Waals surface area contributed by atoms with E-state index in [1.165, 1.54) is 12.1 Å². The van der Waals surface area contributed by atoms with Gasteiger partial charge < -0.3 is 15.2 Å². The van der Waals surface area contributed by atoms with Gasteiger partial charge in [-0.25, -0.2) is 0 Å². The van der Waals surface area contributed by atoms with Crippen LogP contribution >= 0.6 is 23.2 Å². The van der Waals surface area contributed by atoms with Crippen molar-refractivity contribution in [1.82, 2.24) is 0 Å². The van der Waals surface area contributed by atoms with Crippen molar-refractivity contribution in [3.05, 3.63) is 81.8 Å². The Bertz CT molecular complexity index is 1720. The second-order valence-electron chi connectivity index (χ2n) is 8.28. The lowest BCUT2D eigenvalue weighted by molar-refractivity contribution is 0.102. The van der Waals surface area contributed by atoms with Gasteiger partial charge in [0.05, 0.1) is 33.6 Å². The van der Waals surface area contributed by atoms with Gasteiger partial charge in [-0.1, -0.05) is 54.4 Å². The van der Waals surface area contributed by atoms with Crippen LogP contribution in [-0.2, 0) is 16.5 Å². The smallest absolute Gasteiger partial charge is 0.296 e. The summed E-state index contributed by atoms with van der Waals surface area (Å²) in [6, 6.07) is 15.8. The number of hydrogen-bond acceptors (Lipinski definition) is 7. The molecule has 4 rings (SSSR count). The molecule has 0 unspecified atom stereocenters. The standard InChI is InChI=1S/C27H23Cl2N3O6S/c1-3-17-21(11-12-23(24(17)29)39(35,36)37)31-32-25-18-8-6-5-7-15(18)13-19(26(25)33)27(34)30-22-14-16(38-4-2)9-10-20(22)28/h5-14,33H,3-4H2,1-2H3,(H,30,34)(H,35,36,37). The van der Waals surface area contributed by atoms with Crippen LogP contribution in [-0.4, -0.2) is 30.6 Å². The summed E-state index contributed by atoms with van der Waals surface area (Å²) in [4.78, 5) is 12.8. The number of fused-ring (bicyclic) bond motifs is 1. The van der Waals surface area contributed by atoms with Crippen molar-refractivity contribution in [3.63, 3.8) is 0 Å². The molecule has 0 fully saturated rings. The van der Waals surface area contributed by atoms with E-state index in [0.29, 0.717) is 34.4 Å². The van der Waals surface area contributed by atoms with Crippen molar-refractivity contribution in [3.8, 4) is 11.5 Å². The molecule has 0 aromatic heterocycles. The zero-order valence-electron chi connectivity index (χ0n) is 20.8. The van der Waals surface area contributed by atoms with Gasteiger partial charge in [0.2, 0.25) is 0 Å². The molecule has 1 amide bonds. The van der Waals surface area contributed by atoms with Crippen molar-refractivity contribution in [2.45, 2.75) is 25.2 Å². The molecular weight excluding hydrogens is 565 g/mol. The first kappa shape index (κ1) is 28.3. The van der Waals surface area contributed by atoms with Gasteiger partial charge >= 0.3 is 0 Å². The molecule has 0 saturated heterocycles. The summed E-state index contributed by atoms with van der Waals surface area (Å²) >= 11 is 12.5. The molecule has 0 heterocycles. The lowest BCUT2D eigenvalue weighted by Gasteiger charge is -2.13. The number of rotatable bonds is 8. The first-order chi connectivity index (χ1) is 18.5. The lowest BCUT2D eigenvalue weighted by atomic mass is 10.0. The first-order valence-electron chi connectivity index (χ1n) is 11.7. The SMILES string of the molecule is CCOc1ccc(Cl)c(NC(=O)c2cc3ccccc3c(N=Nc3ccc(S(=O)(=O)O)c(Cl)c3CC)c2O)c1. The van der Waals surface area contributed by atoms with Crippen LogP contribution < -0.4 is 10.1 Å². The molecule has 4 aromatic carbocycles. The number of nitrogens with one attached hydrogen (secondary N) is 1. The average molecular weight is 588 g/mol. The second kappa shape index (κ2) is 11.6. The van der Waals surface area contributed by atoms with Crippen LogP contribution in [0.25, 0.3) is 10.8 Å². The molecule has 0 atom stereocenters. The summed E-state index contributed by atoms with van der Waals surface area (Å²) < 4.78 is 38.2. The molecule has 39 heavy (non-hydrogen) atoms. The predicted octanol–water partition coefficient (Wildman–Crippen LogP) is 7.73. The maximum Gasteiger partial charge on any atom is 0.296 e. The minimum absolute atomic E-state index is 0.0180. The quantitative estimate of drug-likeness (QED) is 0.142. The third-order valence-corrected chi connectivity index (χ3v) is 7.58. The van der Waals surface area contributed by atoms with Crippen molar-refractivity contribution in [2.24, 2.45) is 10.2 Å². The van der Waals surface area contributed by atoms with Gasteiger partial charge in [-0.2, -0.15) is 13.5 Å². The fraction of sp³-hybridized carbons (Fsp3) is 0.148. The Balaban J connectivity index is 1.79. The number of halogens is 2. The van der Waals surface area contributed by atoms with Crippen LogP contribution in [0.3, 0.4) is 0 Å². The van der Waals surface area contributed by atoms with E-state index >= 15 is 0 Å². The van der Waals surface area contributed by atoms with Crippen molar-refractivity contribution < 1.29 is 27.6 Å². The van der Waals surface area contributed by atoms with Crippen LogP contribution in [0.4, 0.5) is 17.1 Å². The predicted molar refractivity (Wildman–Crippen MR) is 151 cm³/mol. The zero-order chi connectivity index (χ0) is 28.3. The van der Waals surface area contributed by atoms with E-state index in [1.54, 1.807) is 49.4 Å².